The molecule has 1 aliphatic rings. The van der Waals surface area contributed by atoms with Gasteiger partial charge in [-0.15, -0.1) is 0 Å². The maximum Gasteiger partial charge on any atom is 0.242 e. The van der Waals surface area contributed by atoms with E-state index in [1.165, 1.54) is 0 Å². The number of halogens is 2. The average molecular weight is 325 g/mol. The van der Waals surface area contributed by atoms with E-state index in [0.717, 1.165) is 12.1 Å². The summed E-state index contributed by atoms with van der Waals surface area (Å²) in [4.78, 5) is -0.333. The Labute approximate surface area is 120 Å². The van der Waals surface area contributed by atoms with Crippen molar-refractivity contribution >= 4 is 27.3 Å². The van der Waals surface area contributed by atoms with Crippen LogP contribution in [0.4, 0.5) is 10.1 Å². The van der Waals surface area contributed by atoms with E-state index < -0.39 is 21.4 Å². The number of hydrogen-bond donors (Lipinski definition) is 3. The van der Waals surface area contributed by atoms with Crippen molar-refractivity contribution in [3.63, 3.8) is 0 Å². The van der Waals surface area contributed by atoms with Crippen molar-refractivity contribution in [3.05, 3.63) is 23.0 Å². The molecule has 1 unspecified atom stereocenters. The third-order valence-electron chi connectivity index (χ3n) is 3.01. The summed E-state index contributed by atoms with van der Waals surface area (Å²) >= 11 is 5.71. The van der Waals surface area contributed by atoms with Gasteiger partial charge < -0.3 is 15.6 Å². The molecule has 0 amide bonds. The molecular formula is C11H14ClFN2O4S. The van der Waals surface area contributed by atoms with E-state index in [1.54, 1.807) is 0 Å². The van der Waals surface area contributed by atoms with Gasteiger partial charge in [-0.25, -0.2) is 17.5 Å². The van der Waals surface area contributed by atoms with Crippen molar-refractivity contribution in [2.45, 2.75) is 16.9 Å². The highest BCUT2D eigenvalue weighted by Gasteiger charge is 2.34. The van der Waals surface area contributed by atoms with Crippen molar-refractivity contribution < 1.29 is 22.7 Å². The lowest BCUT2D eigenvalue weighted by molar-refractivity contribution is 0.0314. The second kappa shape index (κ2) is 5.45. The van der Waals surface area contributed by atoms with Crippen LogP contribution < -0.4 is 10.5 Å². The molecule has 1 aromatic rings. The third kappa shape index (κ3) is 3.21. The summed E-state index contributed by atoms with van der Waals surface area (Å²) in [5.74, 6) is -0.795. The Morgan fingerprint density at radius 3 is 2.85 bits per heavy atom. The van der Waals surface area contributed by atoms with Gasteiger partial charge in [0.25, 0.3) is 0 Å². The molecule has 20 heavy (non-hydrogen) atoms. The molecule has 0 aromatic heterocycles. The lowest BCUT2D eigenvalue weighted by Gasteiger charge is -2.20. The lowest BCUT2D eigenvalue weighted by atomic mass is 10.1. The molecule has 0 radical (unpaired) electrons. The van der Waals surface area contributed by atoms with Crippen LogP contribution in [0.25, 0.3) is 0 Å². The minimum atomic E-state index is -4.00. The Morgan fingerprint density at radius 1 is 1.55 bits per heavy atom. The fourth-order valence-electron chi connectivity index (χ4n) is 1.79. The summed E-state index contributed by atoms with van der Waals surface area (Å²) in [5, 5.41) is 9.72. The fraction of sp³-hybridized carbons (Fsp3) is 0.455. The molecule has 6 nitrogen and oxygen atoms in total. The number of nitrogens with two attached hydrogens (primary N) is 1. The van der Waals surface area contributed by atoms with Gasteiger partial charge in [0.1, 0.15) is 16.3 Å². The molecule has 0 spiro atoms. The van der Waals surface area contributed by atoms with Crippen molar-refractivity contribution in [1.82, 2.24) is 4.72 Å². The molecule has 4 N–H and O–H groups in total. The van der Waals surface area contributed by atoms with E-state index in [9.17, 15) is 17.9 Å². The second-order valence-corrected chi connectivity index (χ2v) is 6.80. The molecule has 112 valence electrons. The summed E-state index contributed by atoms with van der Waals surface area (Å²) in [6, 6.07) is 1.77. The molecule has 1 aliphatic heterocycles. The predicted octanol–water partition coefficient (Wildman–Crippen LogP) is 0.491. The minimum absolute atomic E-state index is 0.0504. The Balaban J connectivity index is 2.20. The summed E-state index contributed by atoms with van der Waals surface area (Å²) in [5.41, 5.74) is 3.77. The number of rotatable bonds is 4. The summed E-state index contributed by atoms with van der Waals surface area (Å²) in [7, 11) is -4.00. The van der Waals surface area contributed by atoms with Gasteiger partial charge in [0.2, 0.25) is 10.0 Å². The topological polar surface area (TPSA) is 102 Å². The molecule has 1 atom stereocenters. The number of benzene rings is 1. The molecule has 1 saturated heterocycles. The van der Waals surface area contributed by atoms with Crippen LogP contribution in [0.1, 0.15) is 6.42 Å². The van der Waals surface area contributed by atoms with Gasteiger partial charge in [0.05, 0.1) is 17.3 Å². The zero-order valence-corrected chi connectivity index (χ0v) is 12.0. The van der Waals surface area contributed by atoms with Crippen molar-refractivity contribution in [1.29, 1.82) is 0 Å². The van der Waals surface area contributed by atoms with Crippen LogP contribution in [0.5, 0.6) is 0 Å². The van der Waals surface area contributed by atoms with Gasteiger partial charge in [0.15, 0.2) is 0 Å². The maximum absolute atomic E-state index is 13.2. The van der Waals surface area contributed by atoms with Crippen molar-refractivity contribution in [3.8, 4) is 0 Å². The normalized spacial score (nSPS) is 23.1. The summed E-state index contributed by atoms with van der Waals surface area (Å²) in [6.07, 6.45) is 0.328. The van der Waals surface area contributed by atoms with E-state index in [0.29, 0.717) is 13.0 Å². The van der Waals surface area contributed by atoms with E-state index in [-0.39, 0.29) is 28.8 Å². The van der Waals surface area contributed by atoms with E-state index in [2.05, 4.69) is 4.72 Å². The fourth-order valence-corrected chi connectivity index (χ4v) is 3.46. The molecule has 0 saturated carbocycles. The van der Waals surface area contributed by atoms with Crippen LogP contribution in [-0.2, 0) is 14.8 Å². The van der Waals surface area contributed by atoms with Gasteiger partial charge in [-0.3, -0.25) is 0 Å². The van der Waals surface area contributed by atoms with Crippen LogP contribution in [0.2, 0.25) is 5.02 Å². The van der Waals surface area contributed by atoms with Crippen LogP contribution in [0.15, 0.2) is 17.0 Å². The first-order valence-electron chi connectivity index (χ1n) is 5.78. The zero-order chi connectivity index (χ0) is 15.0. The number of nitrogen functional groups attached to an aromatic ring is 1. The lowest BCUT2D eigenvalue weighted by Crippen LogP contribution is -2.43. The molecule has 1 aromatic carbocycles. The molecule has 2 rings (SSSR count). The highest BCUT2D eigenvalue weighted by Crippen LogP contribution is 2.26. The van der Waals surface area contributed by atoms with Crippen LogP contribution >= 0.6 is 11.6 Å². The molecular weight excluding hydrogens is 311 g/mol. The molecule has 1 fully saturated rings. The Hall–Kier alpha value is -0.930. The molecule has 0 aliphatic carbocycles. The first-order chi connectivity index (χ1) is 9.23. The van der Waals surface area contributed by atoms with Gasteiger partial charge >= 0.3 is 0 Å². The number of ether oxygens (including phenoxy) is 1. The molecule has 9 heteroatoms. The zero-order valence-electron chi connectivity index (χ0n) is 10.4. The molecule has 1 heterocycles. The quantitative estimate of drug-likeness (QED) is 0.700. The van der Waals surface area contributed by atoms with E-state index in [1.807, 2.05) is 0 Å². The predicted molar refractivity (Wildman–Crippen MR) is 71.4 cm³/mol. The Bertz CT molecular complexity index is 617. The van der Waals surface area contributed by atoms with Crippen molar-refractivity contribution in [2.75, 3.05) is 25.5 Å². The van der Waals surface area contributed by atoms with Crippen LogP contribution in [0.3, 0.4) is 0 Å². The van der Waals surface area contributed by atoms with E-state index >= 15 is 0 Å². The smallest absolute Gasteiger partial charge is 0.242 e. The Kier molecular flexibility index (Phi) is 4.22. The SMILES string of the molecule is Nc1cc(S(=O)(=O)NCC2(O)CCOC2)c(Cl)cc1F. The summed E-state index contributed by atoms with van der Waals surface area (Å²) in [6.45, 7) is 0.195. The number of aliphatic hydroxyl groups is 1. The highest BCUT2D eigenvalue weighted by atomic mass is 35.5. The minimum Gasteiger partial charge on any atom is -0.396 e. The third-order valence-corrected chi connectivity index (χ3v) is 4.88. The average Bonchev–Trinajstić information content (AvgIpc) is 2.79. The van der Waals surface area contributed by atoms with E-state index in [4.69, 9.17) is 22.1 Å². The second-order valence-electron chi connectivity index (χ2n) is 4.66. The largest absolute Gasteiger partial charge is 0.396 e. The van der Waals surface area contributed by atoms with Crippen LogP contribution in [-0.4, -0.2) is 38.9 Å². The highest BCUT2D eigenvalue weighted by molar-refractivity contribution is 7.89. The Morgan fingerprint density at radius 2 is 2.25 bits per heavy atom. The van der Waals surface area contributed by atoms with Gasteiger partial charge in [-0.1, -0.05) is 11.6 Å². The van der Waals surface area contributed by atoms with Crippen LogP contribution in [0, 0.1) is 5.82 Å². The number of hydrogen-bond acceptors (Lipinski definition) is 5. The first kappa shape index (κ1) is 15.5. The standard InChI is InChI=1S/C11H14ClFN2O4S/c12-7-3-8(13)9(14)4-10(7)20(17,18)15-5-11(16)1-2-19-6-11/h3-4,15-16H,1-2,5-6,14H2. The van der Waals surface area contributed by atoms with Crippen molar-refractivity contribution in [2.24, 2.45) is 0 Å². The van der Waals surface area contributed by atoms with Gasteiger partial charge in [-0.05, 0) is 12.1 Å². The first-order valence-corrected chi connectivity index (χ1v) is 7.64. The monoisotopic (exact) mass is 324 g/mol. The van der Waals surface area contributed by atoms with Gasteiger partial charge in [0, 0.05) is 19.6 Å². The number of sulfonamides is 1. The molecule has 0 bridgehead atoms. The van der Waals surface area contributed by atoms with Gasteiger partial charge in [-0.2, -0.15) is 0 Å². The maximum atomic E-state index is 13.2. The summed E-state index contributed by atoms with van der Waals surface area (Å²) < 4.78 is 44.6. The number of anilines is 1. The number of nitrogens with one attached hydrogen (secondary N) is 1.